The van der Waals surface area contributed by atoms with Crippen LogP contribution in [-0.4, -0.2) is 85.6 Å². The van der Waals surface area contributed by atoms with Crippen molar-refractivity contribution >= 4 is 46.2 Å². The SMILES string of the molecule is COc1cc2c(cc1OCCCOc1cc3c(cc1OC)C(=O)N1C=C(c4ccc(C(=N)CC(=O)/C(C)=C\CC(=O)C(C(=N)CC(=O)OCC5c6ccccc6-c6ccccc65)C(C)C)cc4)CC1CC3)CCC1CC(C3CC3)=CC=C1C2=O. The molecule has 13 nitrogen and oxygen atoms in total. The first-order chi connectivity index (χ1) is 40.7. The van der Waals surface area contributed by atoms with E-state index in [-0.39, 0.29) is 84.3 Å². The van der Waals surface area contributed by atoms with E-state index in [9.17, 15) is 24.0 Å². The summed E-state index contributed by atoms with van der Waals surface area (Å²) in [5.41, 5.74) is 13.0. The van der Waals surface area contributed by atoms with Crippen molar-refractivity contribution in [3.8, 4) is 34.1 Å². The Morgan fingerprint density at radius 3 is 1.98 bits per heavy atom. The maximum Gasteiger partial charge on any atom is 0.311 e. The number of methoxy groups -OCH3 is 2. The summed E-state index contributed by atoms with van der Waals surface area (Å²) in [5.74, 6) is 0.802. The lowest BCUT2D eigenvalue weighted by atomic mass is 9.81. The van der Waals surface area contributed by atoms with Crippen LogP contribution in [0.15, 0.2) is 138 Å². The largest absolute Gasteiger partial charge is 0.493 e. The van der Waals surface area contributed by atoms with Gasteiger partial charge in [0.1, 0.15) is 12.4 Å². The van der Waals surface area contributed by atoms with E-state index in [4.69, 9.17) is 34.5 Å². The molecular formula is C71H73N3O10. The third-order valence-corrected chi connectivity index (χ3v) is 17.8. The molecular weight excluding hydrogens is 1050 g/mol. The van der Waals surface area contributed by atoms with E-state index in [1.54, 1.807) is 33.3 Å². The molecule has 0 saturated heterocycles. The fourth-order valence-electron chi connectivity index (χ4n) is 13.0. The molecule has 6 aliphatic rings. The third-order valence-electron chi connectivity index (χ3n) is 17.8. The summed E-state index contributed by atoms with van der Waals surface area (Å²) in [6.07, 6.45) is 15.0. The number of benzene rings is 5. The van der Waals surface area contributed by atoms with Crippen molar-refractivity contribution < 1.29 is 47.7 Å². The van der Waals surface area contributed by atoms with Crippen LogP contribution in [0.5, 0.6) is 23.0 Å². The fourth-order valence-corrected chi connectivity index (χ4v) is 13.0. The summed E-state index contributed by atoms with van der Waals surface area (Å²) < 4.78 is 29.8. The number of hydrogen-bond acceptors (Lipinski definition) is 12. The van der Waals surface area contributed by atoms with Gasteiger partial charge in [0, 0.05) is 59.1 Å². The van der Waals surface area contributed by atoms with E-state index in [2.05, 4.69) is 24.3 Å². The summed E-state index contributed by atoms with van der Waals surface area (Å²) in [6.45, 7) is 6.16. The topological polar surface area (TPSA) is 182 Å². The van der Waals surface area contributed by atoms with Crippen molar-refractivity contribution in [3.05, 3.63) is 183 Å². The molecule has 2 aliphatic heterocycles. The lowest BCUT2D eigenvalue weighted by molar-refractivity contribution is -0.142. The Balaban J connectivity index is 0.646. The summed E-state index contributed by atoms with van der Waals surface area (Å²) in [7, 11) is 3.16. The first-order valence-electron chi connectivity index (χ1n) is 29.7. The second kappa shape index (κ2) is 24.8. The Bertz CT molecular complexity index is 3570. The second-order valence-corrected chi connectivity index (χ2v) is 23.6. The second-order valence-electron chi connectivity index (χ2n) is 23.6. The van der Waals surface area contributed by atoms with Gasteiger partial charge in [-0.1, -0.05) is 110 Å². The van der Waals surface area contributed by atoms with Crippen LogP contribution >= 0.6 is 0 Å². The molecule has 2 N–H and O–H groups in total. The van der Waals surface area contributed by atoms with Gasteiger partial charge >= 0.3 is 5.97 Å². The molecule has 432 valence electrons. The van der Waals surface area contributed by atoms with Crippen LogP contribution in [0.3, 0.4) is 0 Å². The molecule has 84 heavy (non-hydrogen) atoms. The number of Topliss-reactive ketones (excluding diaryl/α,β-unsaturated/α-hetero) is 3. The van der Waals surface area contributed by atoms with Gasteiger partial charge in [0.2, 0.25) is 0 Å². The van der Waals surface area contributed by atoms with Gasteiger partial charge in [-0.15, -0.1) is 0 Å². The highest BCUT2D eigenvalue weighted by Crippen LogP contribution is 2.47. The average Bonchev–Trinajstić information content (AvgIpc) is 4.02. The monoisotopic (exact) mass is 1130 g/mol. The molecule has 5 aromatic rings. The standard InChI is InChI=1S/C71H73N3O10/c1-41(2)69(61(73)38-68(77)84-40-59-55-13-8-6-11-53(55)54-12-7-9-14-56(54)59)62(75)28-15-42(3)63(76)37-60(72)45-20-18-44(19-21-45)50-32-51-26-24-49-34-67(65(81-5)36-58(49)71(79)74(51)39-50)83-30-10-29-82-66-33-48-23-22-47-31-46(43-16-17-43)25-27-52(47)70(78)57(48)35-64(66)80-4/h6-9,11-15,18-21,25,27,33-36,39,41,43,47,51,59,69,72-73H,10,16-17,22-24,26,28-32,37-38,40H2,1-5H3/b42-15-,72-60?,73-61?. The zero-order chi connectivity index (χ0) is 58.8. The van der Waals surface area contributed by atoms with Crippen LogP contribution in [0.1, 0.15) is 145 Å². The smallest absolute Gasteiger partial charge is 0.311 e. The molecule has 0 radical (unpaired) electrons. The minimum Gasteiger partial charge on any atom is -0.493 e. The number of amides is 1. The van der Waals surface area contributed by atoms with E-state index >= 15 is 0 Å². The van der Waals surface area contributed by atoms with Gasteiger partial charge in [-0.2, -0.15) is 0 Å². The quantitative estimate of drug-likeness (QED) is 0.0276. The Labute approximate surface area is 491 Å². The summed E-state index contributed by atoms with van der Waals surface area (Å²) in [5, 5.41) is 17.6. The lowest BCUT2D eigenvalue weighted by Gasteiger charge is -2.22. The van der Waals surface area contributed by atoms with Gasteiger partial charge in [-0.3, -0.25) is 24.0 Å². The number of rotatable bonds is 23. The Morgan fingerprint density at radius 2 is 1.33 bits per heavy atom. The fraction of sp³-hybridized carbons (Fsp3) is 0.366. The van der Waals surface area contributed by atoms with Crippen LogP contribution in [0.25, 0.3) is 16.7 Å². The highest BCUT2D eigenvalue weighted by Gasteiger charge is 2.38. The number of aryl methyl sites for hydroxylation is 2. The van der Waals surface area contributed by atoms with Crippen molar-refractivity contribution in [2.75, 3.05) is 34.0 Å². The van der Waals surface area contributed by atoms with Crippen LogP contribution in [-0.2, 0) is 32.0 Å². The van der Waals surface area contributed by atoms with Crippen molar-refractivity contribution in [1.82, 2.24) is 4.90 Å². The van der Waals surface area contributed by atoms with Gasteiger partial charge < -0.3 is 39.4 Å². The summed E-state index contributed by atoms with van der Waals surface area (Å²) in [6, 6.07) is 31.1. The maximum atomic E-state index is 14.3. The van der Waals surface area contributed by atoms with Gasteiger partial charge in [0.15, 0.2) is 34.6 Å². The Kier molecular flexibility index (Phi) is 16.9. The lowest BCUT2D eigenvalue weighted by Crippen LogP contribution is -2.31. The van der Waals surface area contributed by atoms with E-state index in [0.717, 1.165) is 75.8 Å². The van der Waals surface area contributed by atoms with Crippen molar-refractivity contribution in [1.29, 1.82) is 10.8 Å². The van der Waals surface area contributed by atoms with E-state index in [1.807, 2.05) is 104 Å². The minimum absolute atomic E-state index is 0.0152. The number of carbonyl (C=O) groups is 5. The number of nitrogens with zero attached hydrogens (tertiary/aromatic N) is 1. The van der Waals surface area contributed by atoms with E-state index in [0.29, 0.717) is 83.7 Å². The molecule has 3 unspecified atom stereocenters. The van der Waals surface area contributed by atoms with Crippen LogP contribution in [0.4, 0.5) is 0 Å². The van der Waals surface area contributed by atoms with E-state index in [1.165, 1.54) is 18.4 Å². The average molecular weight is 1130 g/mol. The number of esters is 1. The molecule has 11 rings (SSSR count). The third kappa shape index (κ3) is 12.0. The van der Waals surface area contributed by atoms with Crippen molar-refractivity contribution in [3.63, 3.8) is 0 Å². The molecule has 13 heteroatoms. The van der Waals surface area contributed by atoms with E-state index < -0.39 is 11.9 Å². The van der Waals surface area contributed by atoms with Gasteiger partial charge in [0.25, 0.3) is 5.91 Å². The van der Waals surface area contributed by atoms with Crippen molar-refractivity contribution in [2.45, 2.75) is 110 Å². The minimum atomic E-state index is -0.822. The molecule has 2 heterocycles. The highest BCUT2D eigenvalue weighted by atomic mass is 16.5. The predicted molar refractivity (Wildman–Crippen MR) is 324 cm³/mol. The number of ketones is 3. The van der Waals surface area contributed by atoms with Crippen LogP contribution < -0.4 is 18.9 Å². The van der Waals surface area contributed by atoms with Gasteiger partial charge in [-0.05, 0) is 156 Å². The molecule has 3 atom stereocenters. The molecule has 1 amide bonds. The molecule has 4 aliphatic carbocycles. The number of carbonyl (C=O) groups excluding carboxylic acids is 5. The highest BCUT2D eigenvalue weighted by molar-refractivity contribution is 6.15. The zero-order valence-corrected chi connectivity index (χ0v) is 48.6. The number of allylic oxidation sites excluding steroid dienone is 6. The molecule has 0 aromatic heterocycles. The van der Waals surface area contributed by atoms with Gasteiger partial charge in [0.05, 0.1) is 46.2 Å². The zero-order valence-electron chi connectivity index (χ0n) is 48.6. The molecule has 0 bridgehead atoms. The summed E-state index contributed by atoms with van der Waals surface area (Å²) in [4.78, 5) is 70.0. The predicted octanol–water partition coefficient (Wildman–Crippen LogP) is 13.4. The molecule has 1 fully saturated rings. The van der Waals surface area contributed by atoms with Crippen LogP contribution in [0, 0.1) is 34.5 Å². The number of hydrogen-bond donors (Lipinski definition) is 2. The van der Waals surface area contributed by atoms with Gasteiger partial charge in [-0.25, -0.2) is 0 Å². The maximum absolute atomic E-state index is 14.3. The molecule has 1 saturated carbocycles. The number of fused-ring (bicyclic) bond motifs is 7. The normalized spacial score (nSPS) is 18.3. The van der Waals surface area contributed by atoms with Crippen molar-refractivity contribution in [2.24, 2.45) is 23.7 Å². The summed E-state index contributed by atoms with van der Waals surface area (Å²) >= 11 is 0. The Hall–Kier alpha value is -8.45. The van der Waals surface area contributed by atoms with Crippen LogP contribution in [0.2, 0.25) is 0 Å². The molecule has 0 spiro atoms. The first-order valence-corrected chi connectivity index (χ1v) is 29.7. The molecule has 5 aromatic carbocycles. The number of nitrogens with one attached hydrogen (secondary N) is 2. The Morgan fingerprint density at radius 1 is 0.702 bits per heavy atom. The number of ether oxygens (including phenoxy) is 5. The first kappa shape index (κ1) is 57.4.